The van der Waals surface area contributed by atoms with Crippen molar-refractivity contribution in [3.05, 3.63) is 86.9 Å². The molecule has 1 aliphatic heterocycles. The van der Waals surface area contributed by atoms with Gasteiger partial charge in [-0.3, -0.25) is 10.1 Å². The molecular weight excluding hydrogens is 537 g/mol. The predicted molar refractivity (Wildman–Crippen MR) is 143 cm³/mol. The van der Waals surface area contributed by atoms with Gasteiger partial charge in [-0.05, 0) is 54.4 Å². The van der Waals surface area contributed by atoms with E-state index in [0.717, 1.165) is 18.7 Å². The minimum absolute atomic E-state index is 0.0555. The SMILES string of the molecule is COc1cc(S(=O)(=O)Cc2ccc3c(c2)CN(C)C3)ccc1NC(=O)N(O)C(C)c1cccc(Cl)c1Cl. The third-order valence-corrected chi connectivity index (χ3v) is 8.81. The van der Waals surface area contributed by atoms with Gasteiger partial charge in [0.15, 0.2) is 9.84 Å². The highest BCUT2D eigenvalue weighted by Crippen LogP contribution is 2.34. The second kappa shape index (κ2) is 10.9. The quantitative estimate of drug-likeness (QED) is 0.274. The number of benzene rings is 3. The topological polar surface area (TPSA) is 99.2 Å². The number of rotatable bonds is 7. The van der Waals surface area contributed by atoms with Gasteiger partial charge in [0, 0.05) is 19.2 Å². The van der Waals surface area contributed by atoms with Gasteiger partial charge in [-0.25, -0.2) is 13.2 Å². The zero-order valence-corrected chi connectivity index (χ0v) is 22.9. The molecule has 4 rings (SSSR count). The van der Waals surface area contributed by atoms with Crippen LogP contribution in [0.4, 0.5) is 10.5 Å². The van der Waals surface area contributed by atoms with Crippen LogP contribution in [0.3, 0.4) is 0 Å². The Labute approximate surface area is 226 Å². The molecule has 0 saturated heterocycles. The minimum Gasteiger partial charge on any atom is -0.495 e. The monoisotopic (exact) mass is 563 g/mol. The normalized spacial score (nSPS) is 14.2. The molecule has 3 aromatic carbocycles. The number of nitrogens with zero attached hydrogens (tertiary/aromatic N) is 2. The van der Waals surface area contributed by atoms with Crippen molar-refractivity contribution in [1.29, 1.82) is 0 Å². The van der Waals surface area contributed by atoms with E-state index in [1.807, 2.05) is 25.2 Å². The number of fused-ring (bicyclic) bond motifs is 1. The third kappa shape index (κ3) is 5.86. The van der Waals surface area contributed by atoms with Crippen LogP contribution in [0.5, 0.6) is 5.75 Å². The second-order valence-electron chi connectivity index (χ2n) is 8.99. The Morgan fingerprint density at radius 3 is 2.59 bits per heavy atom. The smallest absolute Gasteiger partial charge is 0.346 e. The maximum absolute atomic E-state index is 13.2. The molecule has 11 heteroatoms. The average Bonchev–Trinajstić information content (AvgIpc) is 3.23. The lowest BCUT2D eigenvalue weighted by Gasteiger charge is -2.24. The van der Waals surface area contributed by atoms with Crippen LogP contribution < -0.4 is 10.1 Å². The molecule has 8 nitrogen and oxygen atoms in total. The largest absolute Gasteiger partial charge is 0.495 e. The average molecular weight is 564 g/mol. The third-order valence-electron chi connectivity index (χ3n) is 6.29. The number of methoxy groups -OCH3 is 1. The van der Waals surface area contributed by atoms with Gasteiger partial charge in [-0.2, -0.15) is 5.06 Å². The predicted octanol–water partition coefficient (Wildman–Crippen LogP) is 5.91. The molecule has 196 valence electrons. The van der Waals surface area contributed by atoms with Crippen molar-refractivity contribution < 1.29 is 23.2 Å². The standard InChI is InChI=1S/C26H27Cl2N3O5S/c1-16(21-5-4-6-22(27)25(21)28)31(33)26(32)29-23-10-9-20(12-24(23)36-3)37(34,35)15-17-7-8-18-13-30(2)14-19(18)11-17/h4-12,16,33H,13-15H2,1-3H3,(H,29,32). The van der Waals surface area contributed by atoms with Gasteiger partial charge in [0.2, 0.25) is 0 Å². The van der Waals surface area contributed by atoms with Crippen LogP contribution >= 0.6 is 23.2 Å². The Hall–Kier alpha value is -2.82. The number of sulfone groups is 1. The molecule has 2 N–H and O–H groups in total. The van der Waals surface area contributed by atoms with Crippen LogP contribution in [0.15, 0.2) is 59.5 Å². The summed E-state index contributed by atoms with van der Waals surface area (Å²) in [5.74, 6) is -0.0342. The molecule has 0 fully saturated rings. The van der Waals surface area contributed by atoms with Crippen molar-refractivity contribution in [2.45, 2.75) is 36.7 Å². The van der Waals surface area contributed by atoms with E-state index in [9.17, 15) is 18.4 Å². The molecule has 0 aliphatic carbocycles. The molecule has 0 bridgehead atoms. The van der Waals surface area contributed by atoms with E-state index >= 15 is 0 Å². The molecule has 37 heavy (non-hydrogen) atoms. The second-order valence-corrected chi connectivity index (χ2v) is 11.8. The number of carbonyl (C=O) groups is 1. The van der Waals surface area contributed by atoms with Gasteiger partial charge in [-0.15, -0.1) is 0 Å². The lowest BCUT2D eigenvalue weighted by atomic mass is 10.1. The summed E-state index contributed by atoms with van der Waals surface area (Å²) in [7, 11) is -0.306. The maximum Gasteiger partial charge on any atom is 0.346 e. The molecule has 1 unspecified atom stereocenters. The number of urea groups is 1. The van der Waals surface area contributed by atoms with E-state index in [1.54, 1.807) is 25.1 Å². The molecule has 1 heterocycles. The molecule has 0 spiro atoms. The number of hydrogen-bond donors (Lipinski definition) is 2. The summed E-state index contributed by atoms with van der Waals surface area (Å²) >= 11 is 12.3. The number of ether oxygens (including phenoxy) is 1. The minimum atomic E-state index is -3.69. The first-order chi connectivity index (χ1) is 17.5. The van der Waals surface area contributed by atoms with E-state index in [2.05, 4.69) is 10.2 Å². The summed E-state index contributed by atoms with van der Waals surface area (Å²) in [5, 5.41) is 14.0. The molecule has 3 aromatic rings. The van der Waals surface area contributed by atoms with Gasteiger partial charge in [0.1, 0.15) is 5.75 Å². The number of halogens is 2. The highest BCUT2D eigenvalue weighted by molar-refractivity contribution is 7.90. The van der Waals surface area contributed by atoms with Crippen molar-refractivity contribution >= 4 is 44.8 Å². The summed E-state index contributed by atoms with van der Waals surface area (Å²) in [6.07, 6.45) is 0. The van der Waals surface area contributed by atoms with E-state index in [4.69, 9.17) is 27.9 Å². The molecule has 0 radical (unpaired) electrons. The van der Waals surface area contributed by atoms with Gasteiger partial charge in [0.05, 0.1) is 39.5 Å². The first-order valence-electron chi connectivity index (χ1n) is 11.4. The van der Waals surface area contributed by atoms with E-state index in [-0.39, 0.29) is 27.1 Å². The van der Waals surface area contributed by atoms with Gasteiger partial charge in [-0.1, -0.05) is 53.5 Å². The van der Waals surface area contributed by atoms with E-state index in [1.165, 1.54) is 30.9 Å². The number of carbonyl (C=O) groups excluding carboxylic acids is 1. The number of amides is 2. The summed E-state index contributed by atoms with van der Waals surface area (Å²) < 4.78 is 31.7. The van der Waals surface area contributed by atoms with Crippen molar-refractivity contribution in [3.63, 3.8) is 0 Å². The summed E-state index contributed by atoms with van der Waals surface area (Å²) in [6.45, 7) is 3.22. The van der Waals surface area contributed by atoms with Crippen molar-refractivity contribution in [1.82, 2.24) is 9.96 Å². The number of hydrogen-bond acceptors (Lipinski definition) is 6. The molecule has 1 atom stereocenters. The first kappa shape index (κ1) is 27.2. The Morgan fingerprint density at radius 1 is 1.14 bits per heavy atom. The van der Waals surface area contributed by atoms with Crippen molar-refractivity contribution in [3.8, 4) is 5.75 Å². The maximum atomic E-state index is 13.2. The van der Waals surface area contributed by atoms with E-state index in [0.29, 0.717) is 21.2 Å². The summed E-state index contributed by atoms with van der Waals surface area (Å²) in [5.41, 5.74) is 3.69. The van der Waals surface area contributed by atoms with Crippen LogP contribution in [0, 0.1) is 0 Å². The fourth-order valence-electron chi connectivity index (χ4n) is 4.30. The zero-order valence-electron chi connectivity index (χ0n) is 20.5. The van der Waals surface area contributed by atoms with Gasteiger partial charge >= 0.3 is 6.03 Å². The van der Waals surface area contributed by atoms with Crippen LogP contribution in [-0.4, -0.2) is 43.8 Å². The van der Waals surface area contributed by atoms with Crippen LogP contribution in [-0.2, 0) is 28.7 Å². The molecular formula is C26H27Cl2N3O5S. The summed E-state index contributed by atoms with van der Waals surface area (Å²) in [6, 6.07) is 13.2. The first-order valence-corrected chi connectivity index (χ1v) is 13.8. The molecule has 0 saturated carbocycles. The highest BCUT2D eigenvalue weighted by Gasteiger charge is 2.25. The van der Waals surface area contributed by atoms with Crippen molar-refractivity contribution in [2.75, 3.05) is 19.5 Å². The van der Waals surface area contributed by atoms with Crippen LogP contribution in [0.2, 0.25) is 10.0 Å². The zero-order chi connectivity index (χ0) is 26.9. The van der Waals surface area contributed by atoms with Gasteiger partial charge < -0.3 is 10.1 Å². The Bertz CT molecular complexity index is 1450. The fourth-order valence-corrected chi connectivity index (χ4v) is 6.12. The Kier molecular flexibility index (Phi) is 8.01. The Morgan fingerprint density at radius 2 is 1.86 bits per heavy atom. The lowest BCUT2D eigenvalue weighted by molar-refractivity contribution is -0.0690. The lowest BCUT2D eigenvalue weighted by Crippen LogP contribution is -2.34. The number of anilines is 1. The molecule has 1 aliphatic rings. The van der Waals surface area contributed by atoms with Crippen LogP contribution in [0.25, 0.3) is 0 Å². The van der Waals surface area contributed by atoms with Crippen LogP contribution in [0.1, 0.15) is 35.2 Å². The van der Waals surface area contributed by atoms with Gasteiger partial charge in [0.25, 0.3) is 0 Å². The Balaban J connectivity index is 1.50. The van der Waals surface area contributed by atoms with Crippen molar-refractivity contribution in [2.24, 2.45) is 0 Å². The van der Waals surface area contributed by atoms with E-state index < -0.39 is 21.9 Å². The number of nitrogens with one attached hydrogen (secondary N) is 1. The molecule has 2 amide bonds. The highest BCUT2D eigenvalue weighted by atomic mass is 35.5. The molecule has 0 aromatic heterocycles. The number of hydroxylamine groups is 2. The fraction of sp³-hybridized carbons (Fsp3) is 0.269. The summed E-state index contributed by atoms with van der Waals surface area (Å²) in [4.78, 5) is 15.0.